The van der Waals surface area contributed by atoms with Crippen LogP contribution in [-0.2, 0) is 9.59 Å². The number of nitrogens with one attached hydrogen (secondary N) is 2. The molecule has 1 aliphatic rings. The highest BCUT2D eigenvalue weighted by Crippen LogP contribution is 2.37. The third-order valence-electron chi connectivity index (χ3n) is 6.09. The molecule has 0 saturated heterocycles. The van der Waals surface area contributed by atoms with Gasteiger partial charge in [-0.25, -0.2) is 0 Å². The number of rotatable bonds is 14. The summed E-state index contributed by atoms with van der Waals surface area (Å²) in [7, 11) is 0. The van der Waals surface area contributed by atoms with Gasteiger partial charge in [0.25, 0.3) is 0 Å². The molecule has 1 aromatic carbocycles. The summed E-state index contributed by atoms with van der Waals surface area (Å²) in [6.07, 6.45) is 9.27. The van der Waals surface area contributed by atoms with E-state index in [2.05, 4.69) is 27.8 Å². The maximum absolute atomic E-state index is 13.0. The molecule has 34 heavy (non-hydrogen) atoms. The van der Waals surface area contributed by atoms with E-state index >= 15 is 0 Å². The predicted molar refractivity (Wildman–Crippen MR) is 134 cm³/mol. The Hall–Kier alpha value is -2.68. The van der Waals surface area contributed by atoms with Crippen LogP contribution in [0.1, 0.15) is 78.6 Å². The van der Waals surface area contributed by atoms with Gasteiger partial charge in [-0.1, -0.05) is 77.1 Å². The number of aromatic nitrogens is 2. The monoisotopic (exact) mass is 488 g/mol. The van der Waals surface area contributed by atoms with Crippen molar-refractivity contribution in [3.63, 3.8) is 0 Å². The fourth-order valence-corrected chi connectivity index (χ4v) is 4.54. The average molecular weight is 489 g/mol. The summed E-state index contributed by atoms with van der Waals surface area (Å²) in [5.41, 5.74) is 0.837. The highest BCUT2D eigenvalue weighted by Gasteiger charge is 2.27. The van der Waals surface area contributed by atoms with Crippen LogP contribution in [0.15, 0.2) is 18.2 Å². The predicted octanol–water partition coefficient (Wildman–Crippen LogP) is 5.54. The highest BCUT2D eigenvalue weighted by molar-refractivity contribution is 7.18. The van der Waals surface area contributed by atoms with Crippen LogP contribution in [0.4, 0.5) is 5.13 Å². The van der Waals surface area contributed by atoms with Crippen molar-refractivity contribution < 1.29 is 19.1 Å². The molecule has 0 aliphatic carbocycles. The van der Waals surface area contributed by atoms with E-state index in [1.165, 1.54) is 37.0 Å². The second kappa shape index (κ2) is 13.3. The topological polar surface area (TPSA) is 102 Å². The number of nitrogens with zero attached hydrogens (tertiary/aromatic N) is 2. The number of hydrogen-bond donors (Lipinski definition) is 2. The van der Waals surface area contributed by atoms with Crippen LogP contribution in [0.2, 0.25) is 0 Å². The lowest BCUT2D eigenvalue weighted by Gasteiger charge is -2.23. The number of hydrogen-bond acceptors (Lipinski definition) is 7. The molecule has 3 rings (SSSR count). The van der Waals surface area contributed by atoms with Crippen molar-refractivity contribution in [1.82, 2.24) is 15.5 Å². The van der Waals surface area contributed by atoms with E-state index in [1.807, 2.05) is 32.0 Å². The smallest absolute Gasteiger partial charge is 0.249 e. The molecule has 0 spiro atoms. The van der Waals surface area contributed by atoms with Crippen LogP contribution in [0.5, 0.6) is 11.5 Å². The Bertz CT molecular complexity index is 949. The Labute approximate surface area is 205 Å². The van der Waals surface area contributed by atoms with E-state index in [-0.39, 0.29) is 24.5 Å². The number of ether oxygens (including phenoxy) is 2. The van der Waals surface area contributed by atoms with Gasteiger partial charge < -0.3 is 14.8 Å². The zero-order valence-corrected chi connectivity index (χ0v) is 21.2. The molecular weight excluding hydrogens is 452 g/mol. The van der Waals surface area contributed by atoms with E-state index in [1.54, 1.807) is 0 Å². The van der Waals surface area contributed by atoms with Gasteiger partial charge in [0.1, 0.15) is 11.0 Å². The zero-order chi connectivity index (χ0) is 24.3. The number of fused-ring (bicyclic) bond motifs is 1. The molecule has 1 aliphatic heterocycles. The molecule has 0 saturated carbocycles. The first-order valence-electron chi connectivity index (χ1n) is 12.4. The molecule has 2 atom stereocenters. The fourth-order valence-electron chi connectivity index (χ4n) is 3.79. The van der Waals surface area contributed by atoms with E-state index in [4.69, 9.17) is 9.47 Å². The number of amides is 2. The molecule has 0 fully saturated rings. The molecule has 2 heterocycles. The van der Waals surface area contributed by atoms with Gasteiger partial charge in [-0.15, -0.1) is 10.2 Å². The van der Waals surface area contributed by atoms with Crippen LogP contribution in [-0.4, -0.2) is 34.8 Å². The van der Waals surface area contributed by atoms with E-state index < -0.39 is 6.04 Å². The SMILES string of the molecule is CCCCCCCCCC(=O)NC(C(=O)Nc1nnc(-c2ccc3c(c2)OCO3)s1)C(C)CC. The van der Waals surface area contributed by atoms with Crippen molar-refractivity contribution in [2.75, 3.05) is 12.1 Å². The quantitative estimate of drug-likeness (QED) is 0.338. The summed E-state index contributed by atoms with van der Waals surface area (Å²) in [4.78, 5) is 25.5. The van der Waals surface area contributed by atoms with Gasteiger partial charge in [0, 0.05) is 12.0 Å². The van der Waals surface area contributed by atoms with Gasteiger partial charge in [0.05, 0.1) is 0 Å². The first kappa shape index (κ1) is 25.9. The second-order valence-corrected chi connectivity index (χ2v) is 9.75. The van der Waals surface area contributed by atoms with Gasteiger partial charge in [0.15, 0.2) is 11.5 Å². The van der Waals surface area contributed by atoms with Gasteiger partial charge in [-0.3, -0.25) is 14.9 Å². The van der Waals surface area contributed by atoms with E-state index in [0.29, 0.717) is 28.1 Å². The van der Waals surface area contributed by atoms with Gasteiger partial charge in [-0.2, -0.15) is 0 Å². The summed E-state index contributed by atoms with van der Waals surface area (Å²) in [6.45, 7) is 6.39. The summed E-state index contributed by atoms with van der Waals surface area (Å²) in [5, 5.41) is 15.1. The fraction of sp³-hybridized carbons (Fsp3) is 0.600. The Morgan fingerprint density at radius 1 is 1.03 bits per heavy atom. The lowest BCUT2D eigenvalue weighted by atomic mass is 9.98. The standard InChI is InChI=1S/C25H36N4O4S/c1-4-6-7-8-9-10-11-12-21(30)26-22(17(3)5-2)23(31)27-25-29-28-24(34-25)18-13-14-19-20(15-18)33-16-32-19/h13-15,17,22H,4-12,16H2,1-3H3,(H,26,30)(H,27,29,31). The molecule has 2 unspecified atom stereocenters. The number of carbonyl (C=O) groups is 2. The van der Waals surface area contributed by atoms with Gasteiger partial charge in [-0.05, 0) is 30.5 Å². The third-order valence-corrected chi connectivity index (χ3v) is 6.98. The number of anilines is 1. The van der Waals surface area contributed by atoms with Crippen molar-refractivity contribution >= 4 is 28.3 Å². The lowest BCUT2D eigenvalue weighted by Crippen LogP contribution is -2.47. The Balaban J connectivity index is 1.52. The summed E-state index contributed by atoms with van der Waals surface area (Å²) < 4.78 is 10.8. The molecule has 2 amide bonds. The molecule has 9 heteroatoms. The second-order valence-electron chi connectivity index (χ2n) is 8.77. The minimum Gasteiger partial charge on any atom is -0.454 e. The van der Waals surface area contributed by atoms with Crippen molar-refractivity contribution in [3.8, 4) is 22.1 Å². The Kier molecular flexibility index (Phi) is 10.1. The van der Waals surface area contributed by atoms with Crippen LogP contribution < -0.4 is 20.1 Å². The molecule has 0 radical (unpaired) electrons. The van der Waals surface area contributed by atoms with Crippen molar-refractivity contribution in [1.29, 1.82) is 0 Å². The molecule has 8 nitrogen and oxygen atoms in total. The number of unbranched alkanes of at least 4 members (excludes halogenated alkanes) is 6. The van der Waals surface area contributed by atoms with Crippen molar-refractivity contribution in [3.05, 3.63) is 18.2 Å². The third kappa shape index (κ3) is 7.41. The summed E-state index contributed by atoms with van der Waals surface area (Å²) in [5.74, 6) is 1.02. The maximum atomic E-state index is 13.0. The average Bonchev–Trinajstić information content (AvgIpc) is 3.50. The molecule has 2 aromatic rings. The van der Waals surface area contributed by atoms with E-state index in [9.17, 15) is 9.59 Å². The minimum atomic E-state index is -0.611. The van der Waals surface area contributed by atoms with Crippen LogP contribution in [0.25, 0.3) is 10.6 Å². The van der Waals surface area contributed by atoms with Crippen LogP contribution in [0, 0.1) is 5.92 Å². The van der Waals surface area contributed by atoms with Crippen molar-refractivity contribution in [2.24, 2.45) is 5.92 Å². The molecule has 186 valence electrons. The molecular formula is C25H36N4O4S. The Morgan fingerprint density at radius 2 is 1.76 bits per heavy atom. The number of carbonyl (C=O) groups excluding carboxylic acids is 2. The molecule has 1 aromatic heterocycles. The normalized spacial score (nSPS) is 14.0. The van der Waals surface area contributed by atoms with Crippen molar-refractivity contribution in [2.45, 2.75) is 84.6 Å². The molecule has 0 bridgehead atoms. The van der Waals surface area contributed by atoms with E-state index in [0.717, 1.165) is 31.2 Å². The lowest BCUT2D eigenvalue weighted by molar-refractivity contribution is -0.127. The summed E-state index contributed by atoms with van der Waals surface area (Å²) in [6, 6.07) is 4.95. The first-order valence-corrected chi connectivity index (χ1v) is 13.2. The zero-order valence-electron chi connectivity index (χ0n) is 20.4. The number of benzene rings is 1. The largest absolute Gasteiger partial charge is 0.454 e. The summed E-state index contributed by atoms with van der Waals surface area (Å²) >= 11 is 1.28. The van der Waals surface area contributed by atoms with Crippen LogP contribution >= 0.6 is 11.3 Å². The van der Waals surface area contributed by atoms with Gasteiger partial charge in [0.2, 0.25) is 23.7 Å². The van der Waals surface area contributed by atoms with Crippen LogP contribution in [0.3, 0.4) is 0 Å². The molecule has 2 N–H and O–H groups in total. The minimum absolute atomic E-state index is 0.000699. The van der Waals surface area contributed by atoms with Gasteiger partial charge >= 0.3 is 0 Å². The Morgan fingerprint density at radius 3 is 2.53 bits per heavy atom. The first-order chi connectivity index (χ1) is 16.5. The maximum Gasteiger partial charge on any atom is 0.249 e. The highest BCUT2D eigenvalue weighted by atomic mass is 32.1.